The normalized spacial score (nSPS) is 15.5. The van der Waals surface area contributed by atoms with Crippen molar-refractivity contribution >= 4 is 23.3 Å². The molecule has 4 rings (SSSR count). The number of nitrogens with one attached hydrogen (secondary N) is 2. The molecule has 2 aromatic carbocycles. The Labute approximate surface area is 180 Å². The molecule has 1 fully saturated rings. The van der Waals surface area contributed by atoms with Crippen LogP contribution in [0.2, 0.25) is 0 Å². The minimum Gasteiger partial charge on any atom is -0.497 e. The number of carbonyl (C=O) groups is 2. The van der Waals surface area contributed by atoms with Gasteiger partial charge in [0.2, 0.25) is 5.91 Å². The van der Waals surface area contributed by atoms with Crippen molar-refractivity contribution in [2.45, 2.75) is 25.4 Å². The number of amides is 3. The van der Waals surface area contributed by atoms with Crippen molar-refractivity contribution in [3.63, 3.8) is 0 Å². The van der Waals surface area contributed by atoms with E-state index in [4.69, 9.17) is 4.74 Å². The van der Waals surface area contributed by atoms with Gasteiger partial charge in [-0.2, -0.15) is 5.10 Å². The summed E-state index contributed by atoms with van der Waals surface area (Å²) in [4.78, 5) is 27.3. The van der Waals surface area contributed by atoms with E-state index in [2.05, 4.69) is 15.7 Å². The number of rotatable bonds is 6. The Kier molecular flexibility index (Phi) is 6.16. The summed E-state index contributed by atoms with van der Waals surface area (Å²) in [6.45, 7) is 1.16. The van der Waals surface area contributed by atoms with Gasteiger partial charge in [0.1, 0.15) is 11.8 Å². The highest BCUT2D eigenvalue weighted by Gasteiger charge is 2.34. The first-order valence-electron chi connectivity index (χ1n) is 10.2. The number of urea groups is 1. The smallest absolute Gasteiger partial charge is 0.322 e. The van der Waals surface area contributed by atoms with Crippen LogP contribution in [-0.4, -0.2) is 46.3 Å². The number of carbonyl (C=O) groups excluding carboxylic acids is 2. The summed E-state index contributed by atoms with van der Waals surface area (Å²) in [5.74, 6) is 0.528. The molecule has 160 valence electrons. The quantitative estimate of drug-likeness (QED) is 0.639. The van der Waals surface area contributed by atoms with Crippen LogP contribution >= 0.6 is 0 Å². The molecule has 0 radical (unpaired) electrons. The van der Waals surface area contributed by atoms with Gasteiger partial charge in [0, 0.05) is 30.3 Å². The summed E-state index contributed by atoms with van der Waals surface area (Å²) in [5, 5.41) is 10.0. The van der Waals surface area contributed by atoms with Crippen molar-refractivity contribution in [2.24, 2.45) is 0 Å². The molecule has 8 nitrogen and oxygen atoms in total. The summed E-state index contributed by atoms with van der Waals surface area (Å²) in [6.07, 6.45) is 5.04. The highest BCUT2D eigenvalue weighted by molar-refractivity contribution is 5.99. The summed E-state index contributed by atoms with van der Waals surface area (Å²) in [7, 11) is 1.59. The Morgan fingerprint density at radius 3 is 2.68 bits per heavy atom. The number of nitrogens with zero attached hydrogens (tertiary/aromatic N) is 3. The topological polar surface area (TPSA) is 88.5 Å². The van der Waals surface area contributed by atoms with Crippen LogP contribution in [0.15, 0.2) is 67.0 Å². The number of aromatic nitrogens is 2. The first-order chi connectivity index (χ1) is 15.1. The van der Waals surface area contributed by atoms with Gasteiger partial charge in [-0.05, 0) is 60.9 Å². The monoisotopic (exact) mass is 419 g/mol. The Bertz CT molecular complexity index is 1030. The van der Waals surface area contributed by atoms with Crippen LogP contribution in [0.5, 0.6) is 5.75 Å². The van der Waals surface area contributed by atoms with Crippen LogP contribution in [0.1, 0.15) is 18.4 Å². The zero-order valence-corrected chi connectivity index (χ0v) is 17.3. The average molecular weight is 419 g/mol. The van der Waals surface area contributed by atoms with Gasteiger partial charge in [-0.3, -0.25) is 9.48 Å². The number of likely N-dealkylation sites (tertiary alicyclic amines) is 1. The van der Waals surface area contributed by atoms with Crippen LogP contribution in [-0.2, 0) is 11.3 Å². The zero-order chi connectivity index (χ0) is 21.6. The third-order valence-corrected chi connectivity index (χ3v) is 5.26. The summed E-state index contributed by atoms with van der Waals surface area (Å²) in [5.41, 5.74) is 2.39. The second kappa shape index (κ2) is 9.34. The van der Waals surface area contributed by atoms with E-state index in [1.165, 1.54) is 0 Å². The summed E-state index contributed by atoms with van der Waals surface area (Å²) >= 11 is 0. The van der Waals surface area contributed by atoms with Crippen LogP contribution in [0.3, 0.4) is 0 Å². The first-order valence-corrected chi connectivity index (χ1v) is 10.2. The third-order valence-electron chi connectivity index (χ3n) is 5.26. The fraction of sp³-hybridized carbons (Fsp3) is 0.261. The molecule has 0 saturated carbocycles. The molecule has 3 amide bonds. The molecular weight excluding hydrogens is 394 g/mol. The van der Waals surface area contributed by atoms with E-state index < -0.39 is 6.04 Å². The standard InChI is InChI=1S/C23H25N5O3/c1-31-20-10-8-18(9-11-20)25-22(29)21-7-3-14-28(21)23(30)26-19-6-2-5-17(15-19)16-27-13-4-12-24-27/h2,4-6,8-13,15,21H,3,7,14,16H2,1H3,(H,25,29)(H,26,30). The Hall–Kier alpha value is -3.81. The molecule has 1 aliphatic rings. The number of methoxy groups -OCH3 is 1. The number of hydrogen-bond acceptors (Lipinski definition) is 4. The lowest BCUT2D eigenvalue weighted by Gasteiger charge is -2.24. The Morgan fingerprint density at radius 1 is 1.10 bits per heavy atom. The molecule has 1 atom stereocenters. The minimum absolute atomic E-state index is 0.190. The fourth-order valence-electron chi connectivity index (χ4n) is 3.71. The van der Waals surface area contributed by atoms with Crippen LogP contribution in [0.25, 0.3) is 0 Å². The summed E-state index contributed by atoms with van der Waals surface area (Å²) in [6, 6.07) is 15.9. The molecule has 2 heterocycles. The van der Waals surface area contributed by atoms with Crippen LogP contribution in [0.4, 0.5) is 16.2 Å². The van der Waals surface area contributed by atoms with Crippen molar-refractivity contribution in [3.05, 3.63) is 72.6 Å². The van der Waals surface area contributed by atoms with E-state index in [1.807, 2.05) is 41.2 Å². The lowest BCUT2D eigenvalue weighted by atomic mass is 10.2. The van der Waals surface area contributed by atoms with Gasteiger partial charge in [0.25, 0.3) is 0 Å². The first kappa shape index (κ1) is 20.5. The molecule has 31 heavy (non-hydrogen) atoms. The molecular formula is C23H25N5O3. The van der Waals surface area contributed by atoms with Crippen molar-refractivity contribution in [1.29, 1.82) is 0 Å². The van der Waals surface area contributed by atoms with Gasteiger partial charge >= 0.3 is 6.03 Å². The van der Waals surface area contributed by atoms with E-state index in [9.17, 15) is 9.59 Å². The summed E-state index contributed by atoms with van der Waals surface area (Å²) < 4.78 is 6.96. The maximum atomic E-state index is 12.9. The lowest BCUT2D eigenvalue weighted by Crippen LogP contribution is -2.45. The molecule has 1 saturated heterocycles. The van der Waals surface area contributed by atoms with Gasteiger partial charge in [-0.25, -0.2) is 4.79 Å². The molecule has 0 bridgehead atoms. The second-order valence-corrected chi connectivity index (χ2v) is 7.40. The van der Waals surface area contributed by atoms with Gasteiger partial charge < -0.3 is 20.3 Å². The molecule has 1 aromatic heterocycles. The molecule has 3 aromatic rings. The fourth-order valence-corrected chi connectivity index (χ4v) is 3.71. The molecule has 2 N–H and O–H groups in total. The molecule has 0 spiro atoms. The highest BCUT2D eigenvalue weighted by atomic mass is 16.5. The highest BCUT2D eigenvalue weighted by Crippen LogP contribution is 2.22. The number of ether oxygens (including phenoxy) is 1. The number of hydrogen-bond donors (Lipinski definition) is 2. The van der Waals surface area contributed by atoms with Crippen molar-refractivity contribution in [1.82, 2.24) is 14.7 Å². The van der Waals surface area contributed by atoms with Gasteiger partial charge in [0.15, 0.2) is 0 Å². The van der Waals surface area contributed by atoms with Crippen LogP contribution < -0.4 is 15.4 Å². The molecule has 8 heteroatoms. The average Bonchev–Trinajstić information content (AvgIpc) is 3.47. The van der Waals surface area contributed by atoms with Crippen molar-refractivity contribution < 1.29 is 14.3 Å². The number of benzene rings is 2. The Balaban J connectivity index is 1.38. The van der Waals surface area contributed by atoms with E-state index in [-0.39, 0.29) is 11.9 Å². The van der Waals surface area contributed by atoms with E-state index in [0.717, 1.165) is 17.7 Å². The predicted molar refractivity (Wildman–Crippen MR) is 118 cm³/mol. The predicted octanol–water partition coefficient (Wildman–Crippen LogP) is 3.58. The van der Waals surface area contributed by atoms with Crippen molar-refractivity contribution in [3.8, 4) is 5.75 Å². The largest absolute Gasteiger partial charge is 0.497 e. The molecule has 0 aliphatic carbocycles. The maximum absolute atomic E-state index is 12.9. The SMILES string of the molecule is COc1ccc(NC(=O)C2CCCN2C(=O)Nc2cccc(Cn3cccn3)c2)cc1. The van der Waals surface area contributed by atoms with E-state index in [0.29, 0.717) is 30.9 Å². The molecule has 1 unspecified atom stereocenters. The lowest BCUT2D eigenvalue weighted by molar-refractivity contribution is -0.119. The zero-order valence-electron chi connectivity index (χ0n) is 17.3. The van der Waals surface area contributed by atoms with Gasteiger partial charge in [0.05, 0.1) is 13.7 Å². The maximum Gasteiger partial charge on any atom is 0.322 e. The Morgan fingerprint density at radius 2 is 1.94 bits per heavy atom. The third kappa shape index (κ3) is 5.03. The van der Waals surface area contributed by atoms with Gasteiger partial charge in [-0.15, -0.1) is 0 Å². The van der Waals surface area contributed by atoms with Crippen molar-refractivity contribution in [2.75, 3.05) is 24.3 Å². The van der Waals surface area contributed by atoms with E-state index >= 15 is 0 Å². The number of anilines is 2. The van der Waals surface area contributed by atoms with E-state index in [1.54, 1.807) is 42.5 Å². The van der Waals surface area contributed by atoms with Gasteiger partial charge in [-0.1, -0.05) is 12.1 Å². The van der Waals surface area contributed by atoms with Crippen LogP contribution in [0, 0.1) is 0 Å². The minimum atomic E-state index is -0.505. The second-order valence-electron chi connectivity index (χ2n) is 7.40. The molecule has 1 aliphatic heterocycles.